The molecule has 8 heteroatoms. The largest absolute Gasteiger partial charge is 0.444 e. The number of hydrogen-bond acceptors (Lipinski definition) is 5. The summed E-state index contributed by atoms with van der Waals surface area (Å²) < 4.78 is 11.6. The zero-order valence-electron chi connectivity index (χ0n) is 17.9. The van der Waals surface area contributed by atoms with Gasteiger partial charge in [0.15, 0.2) is 5.96 Å². The second-order valence-electron chi connectivity index (χ2n) is 8.32. The van der Waals surface area contributed by atoms with Gasteiger partial charge in [-0.05, 0) is 53.7 Å². The molecule has 1 aromatic heterocycles. The Morgan fingerprint density at radius 1 is 1.36 bits per heavy atom. The molecule has 0 aromatic carbocycles. The molecule has 1 aromatic rings. The van der Waals surface area contributed by atoms with E-state index in [2.05, 4.69) is 20.6 Å². The average molecular weight is 392 g/mol. The maximum absolute atomic E-state index is 12.8. The van der Waals surface area contributed by atoms with Crippen LogP contribution in [0.1, 0.15) is 47.2 Å². The Labute approximate surface area is 167 Å². The van der Waals surface area contributed by atoms with Gasteiger partial charge >= 0.3 is 6.09 Å². The third-order valence-corrected chi connectivity index (χ3v) is 4.38. The van der Waals surface area contributed by atoms with Crippen molar-refractivity contribution in [3.05, 3.63) is 30.1 Å². The first-order valence-electron chi connectivity index (χ1n) is 9.58. The highest BCUT2D eigenvalue weighted by Gasteiger charge is 2.49. The van der Waals surface area contributed by atoms with Crippen LogP contribution < -0.4 is 10.6 Å². The second kappa shape index (κ2) is 8.77. The monoisotopic (exact) mass is 391 g/mol. The number of ether oxygens (including phenoxy) is 2. The number of amides is 1. The van der Waals surface area contributed by atoms with Crippen LogP contribution in [-0.2, 0) is 16.0 Å². The molecule has 2 rings (SSSR count). The van der Waals surface area contributed by atoms with Crippen LogP contribution in [0.15, 0.2) is 29.4 Å². The normalized spacial score (nSPS) is 22.1. The highest BCUT2D eigenvalue weighted by atomic mass is 16.6. The van der Waals surface area contributed by atoms with Crippen molar-refractivity contribution in [3.63, 3.8) is 0 Å². The number of pyridine rings is 1. The first-order chi connectivity index (χ1) is 13.0. The average Bonchev–Trinajstić information content (AvgIpc) is 2.82. The van der Waals surface area contributed by atoms with Gasteiger partial charge < -0.3 is 20.1 Å². The van der Waals surface area contributed by atoms with E-state index in [4.69, 9.17) is 9.47 Å². The van der Waals surface area contributed by atoms with Crippen molar-refractivity contribution in [3.8, 4) is 0 Å². The summed E-state index contributed by atoms with van der Waals surface area (Å²) in [7, 11) is 1.71. The van der Waals surface area contributed by atoms with Gasteiger partial charge in [0.1, 0.15) is 11.3 Å². The quantitative estimate of drug-likeness (QED) is 0.606. The molecule has 2 heterocycles. The van der Waals surface area contributed by atoms with Gasteiger partial charge in [0.05, 0.1) is 24.4 Å². The van der Waals surface area contributed by atoms with E-state index in [0.29, 0.717) is 19.0 Å². The van der Waals surface area contributed by atoms with Crippen molar-refractivity contribution in [2.75, 3.05) is 13.6 Å². The molecule has 2 N–H and O–H groups in total. The first kappa shape index (κ1) is 21.9. The Kier molecular flexibility index (Phi) is 6.87. The van der Waals surface area contributed by atoms with Crippen LogP contribution in [0, 0.1) is 0 Å². The van der Waals surface area contributed by atoms with E-state index >= 15 is 0 Å². The van der Waals surface area contributed by atoms with Crippen LogP contribution in [0.25, 0.3) is 0 Å². The number of guanidine groups is 1. The summed E-state index contributed by atoms with van der Waals surface area (Å²) in [5, 5.41) is 6.51. The Morgan fingerprint density at radius 2 is 2.07 bits per heavy atom. The van der Waals surface area contributed by atoms with E-state index in [9.17, 15) is 4.79 Å². The Balaban J connectivity index is 2.01. The summed E-state index contributed by atoms with van der Waals surface area (Å²) in [5.41, 5.74) is -0.407. The molecule has 1 saturated heterocycles. The molecule has 2 atom stereocenters. The number of aromatic nitrogens is 1. The number of carbonyl (C=O) groups excluding carboxylic acids is 1. The SMILES string of the molecule is CN=C(NCc1ccccn1)NCC1C(C)OC(C)(C)N1C(=O)OC(C)(C)C. The highest BCUT2D eigenvalue weighted by Crippen LogP contribution is 2.33. The number of aliphatic imine (C=N–C) groups is 1. The van der Waals surface area contributed by atoms with Crippen LogP contribution in [0.2, 0.25) is 0 Å². The molecule has 1 fully saturated rings. The lowest BCUT2D eigenvalue weighted by Crippen LogP contribution is -2.54. The molecule has 0 saturated carbocycles. The minimum Gasteiger partial charge on any atom is -0.444 e. The van der Waals surface area contributed by atoms with Gasteiger partial charge in [-0.15, -0.1) is 0 Å². The van der Waals surface area contributed by atoms with Crippen molar-refractivity contribution in [1.82, 2.24) is 20.5 Å². The summed E-state index contributed by atoms with van der Waals surface area (Å²) in [6.07, 6.45) is 1.22. The number of nitrogens with zero attached hydrogens (tertiary/aromatic N) is 3. The zero-order valence-corrected chi connectivity index (χ0v) is 17.9. The fourth-order valence-electron chi connectivity index (χ4n) is 3.22. The summed E-state index contributed by atoms with van der Waals surface area (Å²) >= 11 is 0. The van der Waals surface area contributed by atoms with Gasteiger partial charge in [-0.2, -0.15) is 0 Å². The molecular weight excluding hydrogens is 358 g/mol. The van der Waals surface area contributed by atoms with E-state index < -0.39 is 11.3 Å². The zero-order chi connectivity index (χ0) is 20.9. The van der Waals surface area contributed by atoms with Crippen molar-refractivity contribution >= 4 is 12.1 Å². The molecule has 1 aliphatic heterocycles. The van der Waals surface area contributed by atoms with Gasteiger partial charge in [-0.1, -0.05) is 6.07 Å². The standard InChI is InChI=1S/C20H33N5O3/c1-14-16(25(20(5,6)27-14)18(26)28-19(2,3)4)13-24-17(21-7)23-12-15-10-8-9-11-22-15/h8-11,14,16H,12-13H2,1-7H3,(H2,21,23,24). The fourth-order valence-corrected chi connectivity index (χ4v) is 3.22. The highest BCUT2D eigenvalue weighted by molar-refractivity contribution is 5.79. The molecule has 1 aliphatic rings. The molecule has 2 unspecified atom stereocenters. The van der Waals surface area contributed by atoms with Gasteiger partial charge in [0.2, 0.25) is 0 Å². The van der Waals surface area contributed by atoms with Crippen LogP contribution >= 0.6 is 0 Å². The molecular formula is C20H33N5O3. The van der Waals surface area contributed by atoms with Gasteiger partial charge in [-0.25, -0.2) is 4.79 Å². The Morgan fingerprint density at radius 3 is 2.64 bits per heavy atom. The number of carbonyl (C=O) groups is 1. The van der Waals surface area contributed by atoms with Crippen LogP contribution in [0.4, 0.5) is 4.79 Å². The maximum Gasteiger partial charge on any atom is 0.412 e. The number of rotatable bonds is 4. The van der Waals surface area contributed by atoms with Crippen LogP contribution in [0.3, 0.4) is 0 Å². The number of nitrogens with one attached hydrogen (secondary N) is 2. The van der Waals surface area contributed by atoms with Crippen molar-refractivity contribution in [1.29, 1.82) is 0 Å². The first-order valence-corrected chi connectivity index (χ1v) is 9.58. The lowest BCUT2D eigenvalue weighted by atomic mass is 10.1. The van der Waals surface area contributed by atoms with E-state index in [1.54, 1.807) is 18.1 Å². The Hall–Kier alpha value is -2.35. The van der Waals surface area contributed by atoms with Gasteiger partial charge in [-0.3, -0.25) is 14.9 Å². The predicted molar refractivity (Wildman–Crippen MR) is 109 cm³/mol. The molecule has 8 nitrogen and oxygen atoms in total. The second-order valence-corrected chi connectivity index (χ2v) is 8.32. The van der Waals surface area contributed by atoms with Gasteiger partial charge in [0.25, 0.3) is 0 Å². The molecule has 1 amide bonds. The number of hydrogen-bond donors (Lipinski definition) is 2. The smallest absolute Gasteiger partial charge is 0.412 e. The van der Waals surface area contributed by atoms with E-state index in [1.807, 2.05) is 59.7 Å². The summed E-state index contributed by atoms with van der Waals surface area (Å²) in [4.78, 5) is 23.0. The molecule has 0 bridgehead atoms. The molecule has 28 heavy (non-hydrogen) atoms. The van der Waals surface area contributed by atoms with E-state index in [-0.39, 0.29) is 18.2 Å². The molecule has 0 spiro atoms. The molecule has 0 aliphatic carbocycles. The van der Waals surface area contributed by atoms with Gasteiger partial charge in [0, 0.05) is 19.8 Å². The summed E-state index contributed by atoms with van der Waals surface area (Å²) in [5.74, 6) is 0.631. The third-order valence-electron chi connectivity index (χ3n) is 4.38. The Bertz CT molecular complexity index is 685. The topological polar surface area (TPSA) is 88.1 Å². The van der Waals surface area contributed by atoms with Crippen LogP contribution in [-0.4, -0.2) is 59.0 Å². The van der Waals surface area contributed by atoms with E-state index in [1.165, 1.54) is 0 Å². The maximum atomic E-state index is 12.8. The van der Waals surface area contributed by atoms with E-state index in [0.717, 1.165) is 5.69 Å². The summed E-state index contributed by atoms with van der Waals surface area (Å²) in [6, 6.07) is 5.57. The molecule has 0 radical (unpaired) electrons. The van der Waals surface area contributed by atoms with Crippen molar-refractivity contribution in [2.45, 2.75) is 71.6 Å². The molecule has 156 valence electrons. The predicted octanol–water partition coefficient (Wildman–Crippen LogP) is 2.51. The summed E-state index contributed by atoms with van der Waals surface area (Å²) in [6.45, 7) is 12.3. The van der Waals surface area contributed by atoms with Crippen molar-refractivity contribution in [2.24, 2.45) is 4.99 Å². The minimum atomic E-state index is -0.751. The lowest BCUT2D eigenvalue weighted by molar-refractivity contribution is -0.0755. The van der Waals surface area contributed by atoms with Crippen molar-refractivity contribution < 1.29 is 14.3 Å². The lowest BCUT2D eigenvalue weighted by Gasteiger charge is -2.35. The third kappa shape index (κ3) is 5.82. The minimum absolute atomic E-state index is 0.149. The fraction of sp³-hybridized carbons (Fsp3) is 0.650. The van der Waals surface area contributed by atoms with Crippen LogP contribution in [0.5, 0.6) is 0 Å².